The van der Waals surface area contributed by atoms with Crippen LogP contribution in [0.5, 0.6) is 0 Å². The lowest BCUT2D eigenvalue weighted by molar-refractivity contribution is 0.623. The lowest BCUT2D eigenvalue weighted by atomic mass is 10.0. The number of fused-ring (bicyclic) bond motifs is 1. The van der Waals surface area contributed by atoms with Crippen LogP contribution >= 0.6 is 0 Å². The molecule has 1 aliphatic rings. The summed E-state index contributed by atoms with van der Waals surface area (Å²) in [7, 11) is 0. The van der Waals surface area contributed by atoms with Crippen molar-refractivity contribution in [1.82, 2.24) is 25.1 Å². The maximum absolute atomic E-state index is 14.6. The molecule has 0 amide bonds. The van der Waals surface area contributed by atoms with E-state index in [1.165, 1.54) is 0 Å². The first-order valence-corrected chi connectivity index (χ1v) is 9.31. The molecule has 5 rings (SSSR count). The second-order valence-corrected chi connectivity index (χ2v) is 7.23. The van der Waals surface area contributed by atoms with Crippen molar-refractivity contribution in [2.75, 3.05) is 11.1 Å². The first kappa shape index (κ1) is 16.7. The van der Waals surface area contributed by atoms with Crippen LogP contribution in [-0.4, -0.2) is 25.1 Å². The van der Waals surface area contributed by atoms with Crippen LogP contribution in [0.4, 0.5) is 16.2 Å². The van der Waals surface area contributed by atoms with Gasteiger partial charge in [0.25, 0.3) is 0 Å². The average Bonchev–Trinajstić information content (AvgIpc) is 3.22. The second kappa shape index (κ2) is 6.33. The van der Waals surface area contributed by atoms with Gasteiger partial charge in [0.2, 0.25) is 5.95 Å². The van der Waals surface area contributed by atoms with Crippen molar-refractivity contribution in [3.8, 4) is 11.4 Å². The van der Waals surface area contributed by atoms with Crippen LogP contribution in [0.1, 0.15) is 43.0 Å². The number of nitrogens with one attached hydrogen (secondary N) is 3. The number of H-pyrrole nitrogens is 2. The smallest absolute Gasteiger partial charge is 0.225 e. The molecule has 3 heterocycles. The van der Waals surface area contributed by atoms with Crippen molar-refractivity contribution in [3.05, 3.63) is 53.6 Å². The van der Waals surface area contributed by atoms with Gasteiger partial charge in [-0.2, -0.15) is 10.1 Å². The Morgan fingerprint density at radius 1 is 1.25 bits per heavy atom. The van der Waals surface area contributed by atoms with Gasteiger partial charge in [0, 0.05) is 28.7 Å². The molecule has 1 saturated carbocycles. The summed E-state index contributed by atoms with van der Waals surface area (Å²) in [5.74, 6) is -0.0943. The third-order valence-electron chi connectivity index (χ3n) is 5.18. The number of aromatic nitrogens is 5. The zero-order valence-corrected chi connectivity index (χ0v) is 15.3. The van der Waals surface area contributed by atoms with E-state index < -0.39 is 5.82 Å². The molecule has 1 aromatic carbocycles. The highest BCUT2D eigenvalue weighted by molar-refractivity contribution is 5.83. The lowest BCUT2D eigenvalue weighted by Gasteiger charge is -2.16. The van der Waals surface area contributed by atoms with Gasteiger partial charge in [-0.15, -0.1) is 0 Å². The fraction of sp³-hybridized carbons (Fsp3) is 0.250. The second-order valence-electron chi connectivity index (χ2n) is 7.23. The molecule has 8 heteroatoms. The van der Waals surface area contributed by atoms with Gasteiger partial charge in [-0.1, -0.05) is 12.1 Å². The number of hydrogen-bond donors (Lipinski definition) is 4. The van der Waals surface area contributed by atoms with Crippen molar-refractivity contribution in [3.63, 3.8) is 0 Å². The third-order valence-corrected chi connectivity index (χ3v) is 5.18. The van der Waals surface area contributed by atoms with E-state index in [4.69, 9.17) is 5.73 Å². The average molecular weight is 377 g/mol. The number of aromatic amines is 2. The van der Waals surface area contributed by atoms with E-state index in [0.29, 0.717) is 11.6 Å². The van der Waals surface area contributed by atoms with E-state index >= 15 is 0 Å². The van der Waals surface area contributed by atoms with Crippen molar-refractivity contribution in [2.24, 2.45) is 0 Å². The highest BCUT2D eigenvalue weighted by Crippen LogP contribution is 2.40. The molecular weight excluding hydrogens is 357 g/mol. The van der Waals surface area contributed by atoms with Crippen molar-refractivity contribution < 1.29 is 4.39 Å². The molecule has 0 aliphatic heterocycles. The Balaban J connectivity index is 1.48. The van der Waals surface area contributed by atoms with E-state index in [-0.39, 0.29) is 23.5 Å². The zero-order chi connectivity index (χ0) is 19.3. The molecule has 1 fully saturated rings. The molecule has 4 aromatic rings. The Morgan fingerprint density at radius 3 is 2.93 bits per heavy atom. The number of nitrogens with two attached hydrogens (primary N) is 1. The van der Waals surface area contributed by atoms with Crippen LogP contribution in [0, 0.1) is 5.82 Å². The monoisotopic (exact) mass is 377 g/mol. The van der Waals surface area contributed by atoms with Crippen molar-refractivity contribution >= 4 is 22.7 Å². The van der Waals surface area contributed by atoms with E-state index in [1.54, 1.807) is 0 Å². The number of anilines is 2. The molecule has 0 bridgehead atoms. The summed E-state index contributed by atoms with van der Waals surface area (Å²) in [5, 5.41) is 11.5. The summed E-state index contributed by atoms with van der Waals surface area (Å²) in [6.07, 6.45) is 4.16. The number of halogens is 1. The molecule has 1 atom stereocenters. The van der Waals surface area contributed by atoms with Gasteiger partial charge >= 0.3 is 0 Å². The number of rotatable bonds is 5. The Labute approximate surface area is 160 Å². The van der Waals surface area contributed by atoms with Gasteiger partial charge in [-0.3, -0.25) is 5.10 Å². The molecule has 142 valence electrons. The standard InChI is InChI=1S/C20H20FN7/c1-10(12-3-2-4-14-13(12)7-8-23-14)24-20-25-18(17(21)19(22)26-20)16-9-15(27-28-16)11-5-6-11/h2-4,7-11,23H,5-6H2,1H3,(H,27,28)(H3,22,24,25,26)/t10-/m0/s1. The minimum atomic E-state index is -0.653. The molecule has 5 N–H and O–H groups in total. The van der Waals surface area contributed by atoms with Crippen LogP contribution in [0.3, 0.4) is 0 Å². The van der Waals surface area contributed by atoms with Crippen LogP contribution in [0.15, 0.2) is 36.5 Å². The van der Waals surface area contributed by atoms with Gasteiger partial charge in [-0.05, 0) is 43.5 Å². The highest BCUT2D eigenvalue weighted by atomic mass is 19.1. The predicted octanol–water partition coefficient (Wildman–Crippen LogP) is 4.12. The van der Waals surface area contributed by atoms with Gasteiger partial charge < -0.3 is 16.0 Å². The topological polar surface area (TPSA) is 108 Å². The highest BCUT2D eigenvalue weighted by Gasteiger charge is 2.27. The molecule has 0 radical (unpaired) electrons. The third kappa shape index (κ3) is 2.87. The Morgan fingerprint density at radius 2 is 2.11 bits per heavy atom. The van der Waals surface area contributed by atoms with Crippen molar-refractivity contribution in [1.29, 1.82) is 0 Å². The fourth-order valence-electron chi connectivity index (χ4n) is 3.52. The molecule has 7 nitrogen and oxygen atoms in total. The molecule has 3 aromatic heterocycles. The Bertz CT molecular complexity index is 1160. The van der Waals surface area contributed by atoms with Crippen molar-refractivity contribution in [2.45, 2.75) is 31.7 Å². The molecule has 28 heavy (non-hydrogen) atoms. The normalized spacial score (nSPS) is 15.1. The number of hydrogen-bond acceptors (Lipinski definition) is 5. The number of nitrogen functional groups attached to an aromatic ring is 1. The predicted molar refractivity (Wildman–Crippen MR) is 106 cm³/mol. The molecule has 1 aliphatic carbocycles. The maximum Gasteiger partial charge on any atom is 0.225 e. The minimum absolute atomic E-state index is 0.0987. The first-order valence-electron chi connectivity index (χ1n) is 9.31. The quantitative estimate of drug-likeness (QED) is 0.418. The van der Waals surface area contributed by atoms with E-state index in [0.717, 1.165) is 35.0 Å². The summed E-state index contributed by atoms with van der Waals surface area (Å²) in [4.78, 5) is 11.6. The van der Waals surface area contributed by atoms with Gasteiger partial charge in [0.15, 0.2) is 11.6 Å². The van der Waals surface area contributed by atoms with Crippen LogP contribution in [0.25, 0.3) is 22.3 Å². The zero-order valence-electron chi connectivity index (χ0n) is 15.3. The maximum atomic E-state index is 14.6. The Kier molecular flexibility index (Phi) is 3.78. The summed E-state index contributed by atoms with van der Waals surface area (Å²) in [5.41, 5.74) is 9.51. The molecule has 0 saturated heterocycles. The summed E-state index contributed by atoms with van der Waals surface area (Å²) >= 11 is 0. The molecule has 0 unspecified atom stereocenters. The Hall–Kier alpha value is -3.42. The van der Waals surface area contributed by atoms with Gasteiger partial charge in [-0.25, -0.2) is 9.37 Å². The molecule has 0 spiro atoms. The minimum Gasteiger partial charge on any atom is -0.381 e. The largest absolute Gasteiger partial charge is 0.381 e. The van der Waals surface area contributed by atoms with E-state index in [1.807, 2.05) is 43.5 Å². The van der Waals surface area contributed by atoms with Crippen LogP contribution < -0.4 is 11.1 Å². The fourth-order valence-corrected chi connectivity index (χ4v) is 3.52. The van der Waals surface area contributed by atoms with Crippen LogP contribution in [0.2, 0.25) is 0 Å². The van der Waals surface area contributed by atoms with Crippen LogP contribution in [-0.2, 0) is 0 Å². The van der Waals surface area contributed by atoms with Gasteiger partial charge in [0.05, 0.1) is 6.04 Å². The SMILES string of the molecule is C[C@H](Nc1nc(N)c(F)c(-c2cc(C3CC3)[nH]n2)n1)c1cccc2[nH]ccc12. The van der Waals surface area contributed by atoms with Gasteiger partial charge in [0.1, 0.15) is 11.4 Å². The van der Waals surface area contributed by atoms with E-state index in [2.05, 4.69) is 30.5 Å². The van der Waals surface area contributed by atoms with E-state index in [9.17, 15) is 4.39 Å². The summed E-state index contributed by atoms with van der Waals surface area (Å²) in [6.45, 7) is 2.00. The first-order chi connectivity index (χ1) is 13.6. The number of benzene rings is 1. The molecular formula is C20H20FN7. The lowest BCUT2D eigenvalue weighted by Crippen LogP contribution is -2.12. The number of nitrogens with zero attached hydrogens (tertiary/aromatic N) is 3. The summed E-state index contributed by atoms with van der Waals surface area (Å²) < 4.78 is 14.6. The summed E-state index contributed by atoms with van der Waals surface area (Å²) in [6, 6.07) is 9.81.